The van der Waals surface area contributed by atoms with Crippen molar-refractivity contribution in [3.05, 3.63) is 90.2 Å². The molecule has 3 aromatic carbocycles. The molecular formula is C21H18FNO2S. The SMILES string of the molecule is O=C(Nc1cccc(F)c1)c1ccc(OCCSc2ccccc2)cc1. The van der Waals surface area contributed by atoms with E-state index in [-0.39, 0.29) is 11.7 Å². The number of hydrogen-bond acceptors (Lipinski definition) is 3. The van der Waals surface area contributed by atoms with Crippen LogP contribution in [-0.2, 0) is 0 Å². The van der Waals surface area contributed by atoms with Crippen molar-refractivity contribution >= 4 is 23.4 Å². The van der Waals surface area contributed by atoms with Crippen molar-refractivity contribution in [3.8, 4) is 5.75 Å². The van der Waals surface area contributed by atoms with E-state index < -0.39 is 0 Å². The fraction of sp³-hybridized carbons (Fsp3) is 0.0952. The molecule has 0 saturated carbocycles. The van der Waals surface area contributed by atoms with Gasteiger partial charge in [-0.15, -0.1) is 11.8 Å². The Kier molecular flexibility index (Phi) is 6.28. The molecule has 0 atom stereocenters. The quantitative estimate of drug-likeness (QED) is 0.458. The number of rotatable bonds is 7. The molecule has 0 fully saturated rings. The molecule has 1 N–H and O–H groups in total. The maximum atomic E-state index is 13.2. The molecule has 0 bridgehead atoms. The van der Waals surface area contributed by atoms with Crippen molar-refractivity contribution in [2.24, 2.45) is 0 Å². The van der Waals surface area contributed by atoms with Crippen LogP contribution in [0.4, 0.5) is 10.1 Å². The van der Waals surface area contributed by atoms with E-state index in [1.54, 1.807) is 48.2 Å². The first kappa shape index (κ1) is 18.0. The first-order chi connectivity index (χ1) is 12.7. The highest BCUT2D eigenvalue weighted by Crippen LogP contribution is 2.18. The van der Waals surface area contributed by atoms with Crippen molar-refractivity contribution in [3.63, 3.8) is 0 Å². The van der Waals surface area contributed by atoms with Crippen LogP contribution in [0.3, 0.4) is 0 Å². The second kappa shape index (κ2) is 9.06. The van der Waals surface area contributed by atoms with Gasteiger partial charge in [0.05, 0.1) is 6.61 Å². The average Bonchev–Trinajstić information content (AvgIpc) is 2.66. The minimum Gasteiger partial charge on any atom is -0.493 e. The molecule has 0 aliphatic carbocycles. The summed E-state index contributed by atoms with van der Waals surface area (Å²) in [5.74, 6) is 0.869. The van der Waals surface area contributed by atoms with E-state index in [1.165, 1.54) is 17.0 Å². The van der Waals surface area contributed by atoms with Crippen LogP contribution in [0.2, 0.25) is 0 Å². The van der Waals surface area contributed by atoms with Gasteiger partial charge in [-0.1, -0.05) is 24.3 Å². The zero-order valence-corrected chi connectivity index (χ0v) is 14.8. The lowest BCUT2D eigenvalue weighted by Gasteiger charge is -2.08. The van der Waals surface area contributed by atoms with Crippen LogP contribution >= 0.6 is 11.8 Å². The number of halogens is 1. The molecule has 1 amide bonds. The molecule has 0 radical (unpaired) electrons. The molecule has 5 heteroatoms. The van der Waals surface area contributed by atoms with Gasteiger partial charge in [0.2, 0.25) is 0 Å². The summed E-state index contributed by atoms with van der Waals surface area (Å²) in [4.78, 5) is 13.4. The molecule has 0 aliphatic rings. The van der Waals surface area contributed by atoms with Crippen LogP contribution in [-0.4, -0.2) is 18.3 Å². The van der Waals surface area contributed by atoms with Crippen LogP contribution in [0.25, 0.3) is 0 Å². The van der Waals surface area contributed by atoms with E-state index in [4.69, 9.17) is 4.74 Å². The van der Waals surface area contributed by atoms with Gasteiger partial charge in [0, 0.05) is 21.9 Å². The third-order valence-corrected chi connectivity index (χ3v) is 4.54. The Labute approximate surface area is 156 Å². The Hall–Kier alpha value is -2.79. The summed E-state index contributed by atoms with van der Waals surface area (Å²) in [5, 5.41) is 2.67. The zero-order valence-electron chi connectivity index (χ0n) is 14.0. The Morgan fingerprint density at radius 3 is 2.46 bits per heavy atom. The van der Waals surface area contributed by atoms with Gasteiger partial charge in [-0.05, 0) is 54.6 Å². The normalized spacial score (nSPS) is 10.3. The maximum absolute atomic E-state index is 13.2. The van der Waals surface area contributed by atoms with Gasteiger partial charge in [0.1, 0.15) is 11.6 Å². The lowest BCUT2D eigenvalue weighted by Crippen LogP contribution is -2.11. The number of carbonyl (C=O) groups is 1. The second-order valence-corrected chi connectivity index (χ2v) is 6.67. The van der Waals surface area contributed by atoms with Gasteiger partial charge in [0.25, 0.3) is 5.91 Å². The number of anilines is 1. The standard InChI is InChI=1S/C21H18FNO2S/c22-17-5-4-6-18(15-17)23-21(24)16-9-11-19(12-10-16)25-13-14-26-20-7-2-1-3-8-20/h1-12,15H,13-14H2,(H,23,24). The van der Waals surface area contributed by atoms with Gasteiger partial charge in [-0.2, -0.15) is 0 Å². The predicted molar refractivity (Wildman–Crippen MR) is 103 cm³/mol. The van der Waals surface area contributed by atoms with Crippen molar-refractivity contribution in [1.82, 2.24) is 0 Å². The van der Waals surface area contributed by atoms with Gasteiger partial charge >= 0.3 is 0 Å². The molecule has 3 aromatic rings. The number of amides is 1. The van der Waals surface area contributed by atoms with E-state index in [0.29, 0.717) is 23.6 Å². The molecule has 0 spiro atoms. The lowest BCUT2D eigenvalue weighted by atomic mass is 10.2. The molecule has 0 unspecified atom stereocenters. The molecule has 26 heavy (non-hydrogen) atoms. The molecule has 0 aromatic heterocycles. The number of nitrogens with one attached hydrogen (secondary N) is 1. The van der Waals surface area contributed by atoms with Crippen LogP contribution < -0.4 is 10.1 Å². The Morgan fingerprint density at radius 1 is 0.962 bits per heavy atom. The van der Waals surface area contributed by atoms with E-state index in [9.17, 15) is 9.18 Å². The van der Waals surface area contributed by atoms with Crippen LogP contribution in [0.15, 0.2) is 83.8 Å². The topological polar surface area (TPSA) is 38.3 Å². The third kappa shape index (κ3) is 5.36. The number of benzene rings is 3. The minimum atomic E-state index is -0.389. The number of thioether (sulfide) groups is 1. The summed E-state index contributed by atoms with van der Waals surface area (Å²) in [6.45, 7) is 0.578. The number of ether oxygens (including phenoxy) is 1. The molecule has 0 saturated heterocycles. The number of carbonyl (C=O) groups excluding carboxylic acids is 1. The van der Waals surface area contributed by atoms with E-state index in [0.717, 1.165) is 5.75 Å². The van der Waals surface area contributed by atoms with Crippen LogP contribution in [0, 0.1) is 5.82 Å². The molecule has 132 valence electrons. The van der Waals surface area contributed by atoms with Crippen LogP contribution in [0.1, 0.15) is 10.4 Å². The monoisotopic (exact) mass is 367 g/mol. The third-order valence-electron chi connectivity index (χ3n) is 3.56. The van der Waals surface area contributed by atoms with Crippen LogP contribution in [0.5, 0.6) is 5.75 Å². The first-order valence-electron chi connectivity index (χ1n) is 8.18. The van der Waals surface area contributed by atoms with Crippen molar-refractivity contribution in [2.75, 3.05) is 17.7 Å². The molecule has 3 nitrogen and oxygen atoms in total. The Balaban J connectivity index is 1.47. The van der Waals surface area contributed by atoms with Gasteiger partial charge in [-0.3, -0.25) is 4.79 Å². The summed E-state index contributed by atoms with van der Waals surface area (Å²) < 4.78 is 18.9. The summed E-state index contributed by atoms with van der Waals surface area (Å²) in [6.07, 6.45) is 0. The summed E-state index contributed by atoms with van der Waals surface area (Å²) in [5.41, 5.74) is 0.911. The Morgan fingerprint density at radius 2 is 1.73 bits per heavy atom. The van der Waals surface area contributed by atoms with E-state index >= 15 is 0 Å². The van der Waals surface area contributed by atoms with Crippen molar-refractivity contribution in [2.45, 2.75) is 4.90 Å². The minimum absolute atomic E-state index is 0.290. The van der Waals surface area contributed by atoms with E-state index in [2.05, 4.69) is 17.4 Å². The summed E-state index contributed by atoms with van der Waals surface area (Å²) in [7, 11) is 0. The second-order valence-electron chi connectivity index (χ2n) is 5.50. The van der Waals surface area contributed by atoms with Gasteiger partial charge in [0.15, 0.2) is 0 Å². The van der Waals surface area contributed by atoms with Gasteiger partial charge in [-0.25, -0.2) is 4.39 Å². The largest absolute Gasteiger partial charge is 0.493 e. The Bertz CT molecular complexity index is 853. The van der Waals surface area contributed by atoms with Crippen molar-refractivity contribution in [1.29, 1.82) is 0 Å². The highest BCUT2D eigenvalue weighted by molar-refractivity contribution is 7.99. The molecule has 0 heterocycles. The van der Waals surface area contributed by atoms with Gasteiger partial charge < -0.3 is 10.1 Å². The fourth-order valence-electron chi connectivity index (χ4n) is 2.31. The highest BCUT2D eigenvalue weighted by atomic mass is 32.2. The van der Waals surface area contributed by atoms with Crippen molar-refractivity contribution < 1.29 is 13.9 Å². The highest BCUT2D eigenvalue weighted by Gasteiger charge is 2.07. The zero-order chi connectivity index (χ0) is 18.2. The lowest BCUT2D eigenvalue weighted by molar-refractivity contribution is 0.102. The van der Waals surface area contributed by atoms with E-state index in [1.807, 2.05) is 18.2 Å². The summed E-state index contributed by atoms with van der Waals surface area (Å²) >= 11 is 1.73. The predicted octanol–water partition coefficient (Wildman–Crippen LogP) is 5.25. The number of hydrogen-bond donors (Lipinski definition) is 1. The molecule has 3 rings (SSSR count). The molecule has 0 aliphatic heterocycles. The average molecular weight is 367 g/mol. The fourth-order valence-corrected chi connectivity index (χ4v) is 3.06. The smallest absolute Gasteiger partial charge is 0.255 e. The molecular weight excluding hydrogens is 349 g/mol. The maximum Gasteiger partial charge on any atom is 0.255 e. The first-order valence-corrected chi connectivity index (χ1v) is 9.17. The summed E-state index contributed by atoms with van der Waals surface area (Å²) in [6, 6.07) is 22.8.